The lowest BCUT2D eigenvalue weighted by molar-refractivity contribution is 0.121. The smallest absolute Gasteiger partial charge is 0.241 e. The number of ether oxygens (including phenoxy) is 3. The Hall–Kier alpha value is -7.92. The van der Waals surface area contributed by atoms with E-state index in [2.05, 4.69) is 97.2 Å². The molecule has 6 N–H and O–H groups in total. The van der Waals surface area contributed by atoms with Crippen molar-refractivity contribution in [3.63, 3.8) is 0 Å². The molecule has 486 valence electrons. The van der Waals surface area contributed by atoms with Crippen molar-refractivity contribution in [1.82, 2.24) is 68.3 Å². The second-order valence-corrected chi connectivity index (χ2v) is 25.8. The van der Waals surface area contributed by atoms with Crippen molar-refractivity contribution in [3.8, 4) is 45.7 Å². The number of anilines is 3. The molecule has 0 bridgehead atoms. The third-order valence-electron chi connectivity index (χ3n) is 17.4. The molecule has 0 aliphatic heterocycles. The Morgan fingerprint density at radius 2 is 0.901 bits per heavy atom. The maximum atomic E-state index is 13.7. The van der Waals surface area contributed by atoms with E-state index in [-0.39, 0.29) is 42.0 Å². The van der Waals surface area contributed by atoms with Crippen molar-refractivity contribution >= 4 is 34.4 Å². The molecule has 0 spiro atoms. The number of alkyl halides is 1. The molecule has 0 saturated heterocycles. The van der Waals surface area contributed by atoms with Crippen LogP contribution in [0.2, 0.25) is 0 Å². The molecule has 0 radical (unpaired) electrons. The Bertz CT molecular complexity index is 3870. The van der Waals surface area contributed by atoms with E-state index in [9.17, 15) is 19.7 Å². The normalized spacial score (nSPS) is 20.8. The molecule has 3 saturated carbocycles. The fraction of sp³-hybridized carbons (Fsp3) is 0.537. The first-order valence-electron chi connectivity index (χ1n) is 31.9. The SMILES string of the molecule is C#Cc1cncc(-c2cc(C3CCC(O)CC3)n3nc(N[C@@H](C)COC)ncc23)c1.COC[C@H](C)Nc1ncc2c(-c3cnn(C(C)(C)C)c3)cc(C3CCC(O)CC3)n2n1.COC[C@H](C)Nc1ncc2c(-c3cnn(C(C)F)c3)cc(C3CCC(O)CC3)n2n1. The zero-order valence-corrected chi connectivity index (χ0v) is 54.2. The molecular formula is C67H90FN17O6. The number of methoxy groups -OCH3 is 3. The van der Waals surface area contributed by atoms with Gasteiger partial charge in [-0.25, -0.2) is 37.6 Å². The van der Waals surface area contributed by atoms with Gasteiger partial charge in [-0.05, 0) is 150 Å². The fourth-order valence-electron chi connectivity index (χ4n) is 12.6. The van der Waals surface area contributed by atoms with Crippen molar-refractivity contribution in [2.45, 2.75) is 192 Å². The molecule has 9 aromatic rings. The first kappa shape index (κ1) is 66.0. The van der Waals surface area contributed by atoms with Gasteiger partial charge >= 0.3 is 0 Å². The number of terminal acetylenes is 1. The van der Waals surface area contributed by atoms with Gasteiger partial charge in [0.2, 0.25) is 17.8 Å². The Morgan fingerprint density at radius 3 is 1.24 bits per heavy atom. The van der Waals surface area contributed by atoms with Gasteiger partial charge in [0.1, 0.15) is 0 Å². The number of aliphatic hydroxyl groups excluding tert-OH is 3. The van der Waals surface area contributed by atoms with E-state index in [1.165, 1.54) is 17.3 Å². The van der Waals surface area contributed by atoms with Gasteiger partial charge in [0, 0.05) is 138 Å². The molecule has 23 nitrogen and oxygen atoms in total. The first-order valence-corrected chi connectivity index (χ1v) is 31.9. The van der Waals surface area contributed by atoms with Crippen LogP contribution in [0.1, 0.15) is 172 Å². The zero-order valence-electron chi connectivity index (χ0n) is 54.2. The Morgan fingerprint density at radius 1 is 0.527 bits per heavy atom. The summed E-state index contributed by atoms with van der Waals surface area (Å²) in [5.74, 6) is 5.31. The van der Waals surface area contributed by atoms with E-state index in [0.29, 0.717) is 55.4 Å². The molecule has 12 rings (SSSR count). The Balaban J connectivity index is 0.000000150. The average Bonchev–Trinajstić information content (AvgIpc) is 1.67. The molecule has 9 heterocycles. The maximum absolute atomic E-state index is 13.7. The van der Waals surface area contributed by atoms with Crippen molar-refractivity contribution in [3.05, 3.63) is 103 Å². The molecule has 3 aliphatic carbocycles. The van der Waals surface area contributed by atoms with E-state index in [1.807, 2.05) is 69.9 Å². The van der Waals surface area contributed by atoms with Crippen LogP contribution < -0.4 is 16.0 Å². The minimum absolute atomic E-state index is 0.0695. The second-order valence-electron chi connectivity index (χ2n) is 25.8. The number of nitrogens with zero attached hydrogens (tertiary/aromatic N) is 14. The number of hydrogen-bond acceptors (Lipinski definition) is 18. The van der Waals surface area contributed by atoms with E-state index >= 15 is 0 Å². The van der Waals surface area contributed by atoms with Crippen molar-refractivity contribution < 1.29 is 33.9 Å². The van der Waals surface area contributed by atoms with Crippen LogP contribution in [-0.4, -0.2) is 161 Å². The molecule has 4 atom stereocenters. The van der Waals surface area contributed by atoms with Crippen LogP contribution in [0.5, 0.6) is 0 Å². The highest BCUT2D eigenvalue weighted by Crippen LogP contribution is 2.41. The highest BCUT2D eigenvalue weighted by Gasteiger charge is 2.30. The molecule has 91 heavy (non-hydrogen) atoms. The van der Waals surface area contributed by atoms with Crippen LogP contribution in [0.15, 0.2) is 80.0 Å². The molecule has 3 fully saturated rings. The quantitative estimate of drug-likeness (QED) is 0.0411. The molecule has 3 aliphatic rings. The van der Waals surface area contributed by atoms with E-state index in [0.717, 1.165) is 144 Å². The summed E-state index contributed by atoms with van der Waals surface area (Å²) in [7, 11) is 5.02. The van der Waals surface area contributed by atoms with Crippen LogP contribution in [0.25, 0.3) is 49.9 Å². The maximum Gasteiger partial charge on any atom is 0.241 e. The summed E-state index contributed by atoms with van der Waals surface area (Å²) in [6.07, 6.45) is 30.6. The van der Waals surface area contributed by atoms with Gasteiger partial charge in [0.05, 0.1) is 91.2 Å². The van der Waals surface area contributed by atoms with Gasteiger partial charge in [-0.3, -0.25) is 9.67 Å². The van der Waals surface area contributed by atoms with Crippen molar-refractivity contribution in [2.24, 2.45) is 0 Å². The number of fused-ring (bicyclic) bond motifs is 3. The number of rotatable bonds is 19. The van der Waals surface area contributed by atoms with Gasteiger partial charge in [-0.2, -0.15) is 10.2 Å². The number of hydrogen-bond donors (Lipinski definition) is 6. The lowest BCUT2D eigenvalue weighted by Crippen LogP contribution is -2.23. The summed E-state index contributed by atoms with van der Waals surface area (Å²) in [5, 5.41) is 62.8. The van der Waals surface area contributed by atoms with Gasteiger partial charge in [-0.15, -0.1) is 21.7 Å². The molecule has 0 aromatic carbocycles. The van der Waals surface area contributed by atoms with E-state index in [1.54, 1.807) is 46.1 Å². The summed E-state index contributed by atoms with van der Waals surface area (Å²) >= 11 is 0. The molecule has 1 unspecified atom stereocenters. The van der Waals surface area contributed by atoms with Crippen LogP contribution >= 0.6 is 0 Å². The molecule has 24 heteroatoms. The summed E-state index contributed by atoms with van der Waals surface area (Å²) in [6, 6.07) is 8.75. The second kappa shape index (κ2) is 29.6. The number of aromatic nitrogens is 14. The molecular weight excluding hydrogens is 1160 g/mol. The van der Waals surface area contributed by atoms with E-state index < -0.39 is 6.30 Å². The minimum Gasteiger partial charge on any atom is -0.393 e. The van der Waals surface area contributed by atoms with Crippen molar-refractivity contribution in [1.29, 1.82) is 0 Å². The summed E-state index contributed by atoms with van der Waals surface area (Å²) < 4.78 is 38.5. The topological polar surface area (TPSA) is 264 Å². The monoisotopic (exact) mass is 1250 g/mol. The van der Waals surface area contributed by atoms with Crippen LogP contribution in [0.3, 0.4) is 0 Å². The van der Waals surface area contributed by atoms with Gasteiger partial charge in [0.25, 0.3) is 0 Å². The molecule has 0 amide bonds. The Kier molecular flexibility index (Phi) is 21.5. The minimum atomic E-state index is -1.19. The first-order chi connectivity index (χ1) is 43.8. The third-order valence-corrected chi connectivity index (χ3v) is 17.4. The highest BCUT2D eigenvalue weighted by atomic mass is 19.1. The van der Waals surface area contributed by atoms with Gasteiger partial charge in [0.15, 0.2) is 6.30 Å². The summed E-state index contributed by atoms with van der Waals surface area (Å²) in [6.45, 7) is 15.7. The summed E-state index contributed by atoms with van der Waals surface area (Å²) in [5.41, 5.74) is 12.6. The zero-order chi connectivity index (χ0) is 64.5. The van der Waals surface area contributed by atoms with Crippen LogP contribution in [-0.2, 0) is 19.7 Å². The number of aliphatic hydroxyl groups is 3. The standard InChI is InChI=1S/C23H34N6O2.C23H27N5O2.C21H29FN6O2/c1-15(14-31-5)26-22-24-12-21-19(17-11-25-28(13-17)23(2,3)4)10-20(29(21)27-22)16-6-8-18(30)9-7-16;1-4-16-9-18(12-24-11-16)20-10-21(17-5-7-19(29)8-6-17)28-22(20)13-25-23(27-28)26-15(2)14-30-3;1-13(12-30-3)25-21-23-10-20-18(16-9-24-27(11-16)14(2)22)8-19(28(20)26-21)15-4-6-17(29)7-5-15/h10-13,15-16,18,30H,6-9,14H2,1-5H3,(H,26,27);1,9-13,15,17,19,29H,5-8,14H2,2-3H3,(H,26,27);8-11,13-15,17,29H,4-7,12H2,1-3H3,(H,25,26)/t15-,16?,18?;15-,17?,19?;13-,14?,15?,17?/m000/s1. The van der Waals surface area contributed by atoms with Gasteiger partial charge in [-0.1, -0.05) is 5.92 Å². The van der Waals surface area contributed by atoms with Crippen LogP contribution in [0, 0.1) is 12.3 Å². The number of nitrogens with one attached hydrogen (secondary N) is 3. The molecule has 9 aromatic heterocycles. The summed E-state index contributed by atoms with van der Waals surface area (Å²) in [4.78, 5) is 17.9. The average molecular weight is 1250 g/mol. The van der Waals surface area contributed by atoms with Crippen LogP contribution in [0.4, 0.5) is 22.2 Å². The Labute approximate surface area is 531 Å². The predicted octanol–water partition coefficient (Wildman–Crippen LogP) is 10.6. The fourth-order valence-corrected chi connectivity index (χ4v) is 12.6. The lowest BCUT2D eigenvalue weighted by atomic mass is 9.85. The van der Waals surface area contributed by atoms with Crippen molar-refractivity contribution in [2.75, 3.05) is 57.1 Å². The number of pyridine rings is 1. The third kappa shape index (κ3) is 15.9. The highest BCUT2D eigenvalue weighted by molar-refractivity contribution is 5.83. The lowest BCUT2D eigenvalue weighted by Gasteiger charge is -2.25. The predicted molar refractivity (Wildman–Crippen MR) is 350 cm³/mol. The largest absolute Gasteiger partial charge is 0.393 e. The van der Waals surface area contributed by atoms with Gasteiger partial charge < -0.3 is 45.5 Å². The van der Waals surface area contributed by atoms with E-state index in [4.69, 9.17) is 35.9 Å². The number of halogens is 1.